The Kier molecular flexibility index (Phi) is 2.28. The van der Waals surface area contributed by atoms with Gasteiger partial charge in [0.1, 0.15) is 11.9 Å². The summed E-state index contributed by atoms with van der Waals surface area (Å²) in [6.45, 7) is 5.77. The molecule has 0 aliphatic carbocycles. The van der Waals surface area contributed by atoms with Gasteiger partial charge in [-0.1, -0.05) is 6.07 Å². The van der Waals surface area contributed by atoms with Gasteiger partial charge in [-0.05, 0) is 31.0 Å². The van der Waals surface area contributed by atoms with E-state index in [9.17, 15) is 0 Å². The zero-order valence-electron chi connectivity index (χ0n) is 9.75. The van der Waals surface area contributed by atoms with E-state index in [-0.39, 0.29) is 6.10 Å². The summed E-state index contributed by atoms with van der Waals surface area (Å²) in [5.74, 6) is 1.02. The third-order valence-electron chi connectivity index (χ3n) is 3.32. The summed E-state index contributed by atoms with van der Waals surface area (Å²) in [4.78, 5) is 0. The highest BCUT2D eigenvalue weighted by Gasteiger charge is 2.32. The van der Waals surface area contributed by atoms with Crippen LogP contribution in [0.1, 0.15) is 17.5 Å². The first-order valence-electron chi connectivity index (χ1n) is 5.86. The second-order valence-electron chi connectivity index (χ2n) is 4.73. The molecule has 2 aliphatic heterocycles. The number of hydrogen-bond donors (Lipinski definition) is 1. The lowest BCUT2D eigenvalue weighted by Gasteiger charge is -2.38. The highest BCUT2D eigenvalue weighted by Crippen LogP contribution is 2.37. The van der Waals surface area contributed by atoms with Crippen LogP contribution in [0.4, 0.5) is 5.69 Å². The Labute approximate surface area is 95.8 Å². The fraction of sp³-hybridized carbons (Fsp3) is 0.538. The van der Waals surface area contributed by atoms with Gasteiger partial charge in [0, 0.05) is 6.42 Å². The summed E-state index contributed by atoms with van der Waals surface area (Å²) in [6, 6.07) is 4.62. The third kappa shape index (κ3) is 1.55. The molecule has 0 bridgehead atoms. The molecule has 3 nitrogen and oxygen atoms in total. The van der Waals surface area contributed by atoms with Crippen molar-refractivity contribution in [3.63, 3.8) is 0 Å². The molecule has 1 fully saturated rings. The van der Waals surface area contributed by atoms with E-state index in [0.29, 0.717) is 6.04 Å². The molecule has 0 amide bonds. The summed E-state index contributed by atoms with van der Waals surface area (Å²) in [6.07, 6.45) is 1.24. The van der Waals surface area contributed by atoms with E-state index in [4.69, 9.17) is 9.47 Å². The van der Waals surface area contributed by atoms with Gasteiger partial charge >= 0.3 is 0 Å². The van der Waals surface area contributed by atoms with E-state index >= 15 is 0 Å². The van der Waals surface area contributed by atoms with Crippen molar-refractivity contribution >= 4 is 5.69 Å². The quantitative estimate of drug-likeness (QED) is 0.726. The molecule has 0 aromatic heterocycles. The number of hydrogen-bond acceptors (Lipinski definition) is 3. The van der Waals surface area contributed by atoms with E-state index in [1.54, 1.807) is 0 Å². The number of anilines is 1. The fourth-order valence-corrected chi connectivity index (χ4v) is 2.56. The molecule has 1 aromatic rings. The van der Waals surface area contributed by atoms with Crippen LogP contribution in [0.5, 0.6) is 5.75 Å². The molecular weight excluding hydrogens is 202 g/mol. The van der Waals surface area contributed by atoms with E-state index in [1.807, 2.05) is 0 Å². The maximum atomic E-state index is 6.08. The highest BCUT2D eigenvalue weighted by atomic mass is 16.5. The standard InChI is InChI=1S/C13H17NO2/c1-8-5-9(2)13-10(6-8)14-11-7-15-4-3-12(11)16-13/h5-6,11-12,14H,3-4,7H2,1-2H3. The second-order valence-corrected chi connectivity index (χ2v) is 4.73. The summed E-state index contributed by atoms with van der Waals surface area (Å²) in [5, 5.41) is 3.53. The first-order chi connectivity index (χ1) is 7.74. The Bertz CT molecular complexity index is 417. The van der Waals surface area contributed by atoms with Gasteiger partial charge in [-0.25, -0.2) is 0 Å². The van der Waals surface area contributed by atoms with Crippen LogP contribution in [0.15, 0.2) is 12.1 Å². The number of fused-ring (bicyclic) bond motifs is 2. The monoisotopic (exact) mass is 219 g/mol. The van der Waals surface area contributed by atoms with Crippen molar-refractivity contribution in [2.24, 2.45) is 0 Å². The van der Waals surface area contributed by atoms with Gasteiger partial charge in [0.2, 0.25) is 0 Å². The van der Waals surface area contributed by atoms with E-state index in [2.05, 4.69) is 31.3 Å². The molecule has 1 aromatic carbocycles. The first-order valence-corrected chi connectivity index (χ1v) is 5.86. The molecule has 1 N–H and O–H groups in total. The van der Waals surface area contributed by atoms with Crippen molar-refractivity contribution in [1.82, 2.24) is 0 Å². The Hall–Kier alpha value is -1.22. The minimum atomic E-state index is 0.266. The number of nitrogens with one attached hydrogen (secondary N) is 1. The molecule has 3 heteroatoms. The molecular formula is C13H17NO2. The average Bonchev–Trinajstić information content (AvgIpc) is 2.27. The second kappa shape index (κ2) is 3.67. The molecule has 0 radical (unpaired) electrons. The maximum absolute atomic E-state index is 6.08. The highest BCUT2D eigenvalue weighted by molar-refractivity contribution is 5.63. The lowest BCUT2D eigenvalue weighted by atomic mass is 10.0. The van der Waals surface area contributed by atoms with E-state index < -0.39 is 0 Å². The van der Waals surface area contributed by atoms with Crippen LogP contribution in [-0.4, -0.2) is 25.4 Å². The molecule has 0 spiro atoms. The van der Waals surface area contributed by atoms with Gasteiger partial charge in [-0.3, -0.25) is 0 Å². The normalized spacial score (nSPS) is 27.4. The van der Waals surface area contributed by atoms with Gasteiger partial charge in [0.25, 0.3) is 0 Å². The fourth-order valence-electron chi connectivity index (χ4n) is 2.56. The molecule has 2 heterocycles. The van der Waals surface area contributed by atoms with Gasteiger partial charge in [0.05, 0.1) is 24.9 Å². The Morgan fingerprint density at radius 3 is 3.06 bits per heavy atom. The molecule has 2 aliphatic rings. The summed E-state index contributed by atoms with van der Waals surface area (Å²) >= 11 is 0. The molecule has 86 valence electrons. The topological polar surface area (TPSA) is 30.5 Å². The number of benzene rings is 1. The minimum Gasteiger partial charge on any atom is -0.486 e. The maximum Gasteiger partial charge on any atom is 0.145 e. The lowest BCUT2D eigenvalue weighted by Crippen LogP contribution is -2.48. The molecule has 16 heavy (non-hydrogen) atoms. The van der Waals surface area contributed by atoms with Crippen LogP contribution in [0.25, 0.3) is 0 Å². The predicted octanol–water partition coefficient (Wildman–Crippen LogP) is 2.27. The SMILES string of the molecule is Cc1cc(C)c2c(c1)NC1COCCC1O2. The first kappa shape index (κ1) is 9.97. The van der Waals surface area contributed by atoms with Crippen LogP contribution in [-0.2, 0) is 4.74 Å². The van der Waals surface area contributed by atoms with Crippen molar-refractivity contribution in [2.45, 2.75) is 32.4 Å². The van der Waals surface area contributed by atoms with E-state index in [0.717, 1.165) is 31.1 Å². The number of ether oxygens (including phenoxy) is 2. The molecule has 2 atom stereocenters. The average molecular weight is 219 g/mol. The smallest absolute Gasteiger partial charge is 0.145 e. The third-order valence-corrected chi connectivity index (χ3v) is 3.32. The Balaban J connectivity index is 1.98. The Morgan fingerprint density at radius 1 is 1.31 bits per heavy atom. The molecule has 1 saturated heterocycles. The number of aryl methyl sites for hydroxylation is 2. The lowest BCUT2D eigenvalue weighted by molar-refractivity contribution is 0.00960. The van der Waals surface area contributed by atoms with Gasteiger partial charge in [-0.2, -0.15) is 0 Å². The summed E-state index contributed by atoms with van der Waals surface area (Å²) < 4.78 is 11.6. The zero-order chi connectivity index (χ0) is 11.1. The van der Waals surface area contributed by atoms with Crippen molar-refractivity contribution in [1.29, 1.82) is 0 Å². The van der Waals surface area contributed by atoms with Crippen molar-refractivity contribution in [3.05, 3.63) is 23.3 Å². The predicted molar refractivity (Wildman–Crippen MR) is 63.2 cm³/mol. The molecule has 2 unspecified atom stereocenters. The molecule has 0 saturated carbocycles. The van der Waals surface area contributed by atoms with Crippen LogP contribution in [0.2, 0.25) is 0 Å². The van der Waals surface area contributed by atoms with Crippen LogP contribution in [0.3, 0.4) is 0 Å². The largest absolute Gasteiger partial charge is 0.486 e. The van der Waals surface area contributed by atoms with Crippen molar-refractivity contribution in [3.8, 4) is 5.75 Å². The van der Waals surface area contributed by atoms with Gasteiger partial charge in [-0.15, -0.1) is 0 Å². The van der Waals surface area contributed by atoms with Crippen molar-refractivity contribution in [2.75, 3.05) is 18.5 Å². The molecule has 3 rings (SSSR count). The summed E-state index contributed by atoms with van der Waals surface area (Å²) in [5.41, 5.74) is 3.60. The summed E-state index contributed by atoms with van der Waals surface area (Å²) in [7, 11) is 0. The zero-order valence-corrected chi connectivity index (χ0v) is 9.75. The van der Waals surface area contributed by atoms with Crippen LogP contribution >= 0.6 is 0 Å². The van der Waals surface area contributed by atoms with Gasteiger partial charge in [0.15, 0.2) is 0 Å². The van der Waals surface area contributed by atoms with Crippen molar-refractivity contribution < 1.29 is 9.47 Å². The minimum absolute atomic E-state index is 0.266. The van der Waals surface area contributed by atoms with Crippen LogP contribution in [0, 0.1) is 13.8 Å². The van der Waals surface area contributed by atoms with Crippen LogP contribution < -0.4 is 10.1 Å². The van der Waals surface area contributed by atoms with Gasteiger partial charge < -0.3 is 14.8 Å². The van der Waals surface area contributed by atoms with E-state index in [1.165, 1.54) is 11.1 Å². The number of rotatable bonds is 0. The Morgan fingerprint density at radius 2 is 2.19 bits per heavy atom.